The van der Waals surface area contributed by atoms with E-state index in [4.69, 9.17) is 11.6 Å². The van der Waals surface area contributed by atoms with Gasteiger partial charge in [-0.1, -0.05) is 47.2 Å². The van der Waals surface area contributed by atoms with Crippen LogP contribution in [0.25, 0.3) is 5.57 Å². The summed E-state index contributed by atoms with van der Waals surface area (Å²) in [4.78, 5) is 20.7. The highest BCUT2D eigenvalue weighted by Crippen LogP contribution is 2.35. The summed E-state index contributed by atoms with van der Waals surface area (Å²) in [5.74, 6) is -0.600. The van der Waals surface area contributed by atoms with Crippen molar-refractivity contribution in [2.45, 2.75) is 0 Å². The second-order valence-electron chi connectivity index (χ2n) is 5.12. The average Bonchev–Trinajstić information content (AvgIpc) is 3.06. The molecule has 0 radical (unpaired) electrons. The maximum atomic E-state index is 12.3. The molecule has 0 bridgehead atoms. The lowest BCUT2D eigenvalue weighted by atomic mass is 10.1. The minimum atomic E-state index is -0.405. The van der Waals surface area contributed by atoms with E-state index in [1.54, 1.807) is 18.2 Å². The van der Waals surface area contributed by atoms with Crippen molar-refractivity contribution in [3.8, 4) is 5.88 Å². The highest BCUT2D eigenvalue weighted by Gasteiger charge is 2.24. The first kappa shape index (κ1) is 14.9. The third-order valence-electron chi connectivity index (χ3n) is 3.53. The molecule has 0 unspecified atom stereocenters. The van der Waals surface area contributed by atoms with E-state index < -0.39 is 5.91 Å². The number of fused-ring (bicyclic) bond motifs is 1. The molecule has 0 spiro atoms. The number of aromatic nitrogens is 1. The van der Waals surface area contributed by atoms with Gasteiger partial charge >= 0.3 is 0 Å². The van der Waals surface area contributed by atoms with E-state index in [9.17, 15) is 9.90 Å². The standard InChI is InChI=1S/C17H10ClN3O2S/c18-9-6-7-11-12(8-9)20-15(22)13(11)14-16(23)21-17(24-14)19-10-4-2-1-3-5-10/h1-8,23H,(H,19,21). The molecular weight excluding hydrogens is 346 g/mol. The lowest BCUT2D eigenvalue weighted by Crippen LogP contribution is -2.22. The van der Waals surface area contributed by atoms with Crippen molar-refractivity contribution < 1.29 is 9.90 Å². The van der Waals surface area contributed by atoms with E-state index in [-0.39, 0.29) is 5.88 Å². The Bertz CT molecular complexity index is 1080. The molecule has 2 aromatic carbocycles. The van der Waals surface area contributed by atoms with Gasteiger partial charge < -0.3 is 10.4 Å². The van der Waals surface area contributed by atoms with Gasteiger partial charge in [-0.3, -0.25) is 4.79 Å². The van der Waals surface area contributed by atoms with Crippen LogP contribution in [0.1, 0.15) is 4.88 Å². The van der Waals surface area contributed by atoms with Crippen LogP contribution >= 0.6 is 22.9 Å². The quantitative estimate of drug-likeness (QED) is 0.757. The van der Waals surface area contributed by atoms with Crippen LogP contribution in [0.15, 0.2) is 53.5 Å². The zero-order valence-corrected chi connectivity index (χ0v) is 13.7. The Balaban J connectivity index is 1.81. The van der Waals surface area contributed by atoms with Crippen molar-refractivity contribution >= 4 is 45.2 Å². The van der Waals surface area contributed by atoms with Crippen LogP contribution in [-0.4, -0.2) is 16.0 Å². The number of hydrogen-bond donors (Lipinski definition) is 2. The topological polar surface area (TPSA) is 74.6 Å². The molecule has 0 saturated heterocycles. The van der Waals surface area contributed by atoms with Gasteiger partial charge in [-0.2, -0.15) is 4.98 Å². The van der Waals surface area contributed by atoms with Gasteiger partial charge in [-0.25, -0.2) is 4.99 Å². The van der Waals surface area contributed by atoms with Crippen LogP contribution in [0, 0.1) is 0 Å². The van der Waals surface area contributed by atoms with Gasteiger partial charge in [0.15, 0.2) is 5.13 Å². The van der Waals surface area contributed by atoms with E-state index in [2.05, 4.69) is 15.3 Å². The van der Waals surface area contributed by atoms with E-state index in [0.717, 1.165) is 5.69 Å². The Morgan fingerprint density at radius 3 is 2.71 bits per heavy atom. The Kier molecular flexibility index (Phi) is 3.55. The molecule has 0 fully saturated rings. The lowest BCUT2D eigenvalue weighted by Gasteiger charge is -2.00. The summed E-state index contributed by atoms with van der Waals surface area (Å²) in [5, 5.41) is 15.5. The first-order chi connectivity index (χ1) is 11.6. The molecule has 0 saturated carbocycles. The van der Waals surface area contributed by atoms with Crippen molar-refractivity contribution in [1.29, 1.82) is 0 Å². The summed E-state index contributed by atoms with van der Waals surface area (Å²) in [7, 11) is 0. The molecule has 1 aromatic heterocycles. The summed E-state index contributed by atoms with van der Waals surface area (Å²) >= 11 is 7.14. The van der Waals surface area contributed by atoms with Crippen LogP contribution < -0.4 is 15.9 Å². The fourth-order valence-electron chi connectivity index (χ4n) is 2.48. The monoisotopic (exact) mass is 355 g/mol. The third-order valence-corrected chi connectivity index (χ3v) is 4.74. The highest BCUT2D eigenvalue weighted by atomic mass is 35.5. The van der Waals surface area contributed by atoms with Gasteiger partial charge in [-0.15, -0.1) is 0 Å². The largest absolute Gasteiger partial charge is 0.492 e. The molecule has 1 aliphatic rings. The van der Waals surface area contributed by atoms with Gasteiger partial charge in [0.1, 0.15) is 4.88 Å². The number of rotatable bonds is 3. The van der Waals surface area contributed by atoms with Crippen molar-refractivity contribution in [3.63, 3.8) is 0 Å². The number of hydrogen-bond acceptors (Lipinski definition) is 5. The first-order valence-electron chi connectivity index (χ1n) is 7.07. The number of aromatic hydroxyl groups is 1. The number of nitrogens with zero attached hydrogens (tertiary/aromatic N) is 2. The third kappa shape index (κ3) is 2.55. The summed E-state index contributed by atoms with van der Waals surface area (Å²) in [6.07, 6.45) is 0. The number of nitrogens with one attached hydrogen (secondary N) is 1. The summed E-state index contributed by atoms with van der Waals surface area (Å²) in [6, 6.07) is 14.5. The number of benzene rings is 2. The number of carbonyl (C=O) groups is 1. The normalized spacial score (nSPS) is 12.9. The number of halogens is 1. The summed E-state index contributed by atoms with van der Waals surface area (Å²) in [5.41, 5.74) is 1.19. The number of thiazole rings is 1. The zero-order chi connectivity index (χ0) is 16.7. The number of anilines is 2. The molecule has 5 nitrogen and oxygen atoms in total. The van der Waals surface area contributed by atoms with Crippen LogP contribution in [0.5, 0.6) is 5.88 Å². The molecule has 2 N–H and O–H groups in total. The van der Waals surface area contributed by atoms with Crippen LogP contribution in [0.4, 0.5) is 10.8 Å². The Morgan fingerprint density at radius 1 is 1.12 bits per heavy atom. The zero-order valence-electron chi connectivity index (χ0n) is 12.2. The van der Waals surface area contributed by atoms with Crippen molar-refractivity contribution in [1.82, 2.24) is 4.98 Å². The van der Waals surface area contributed by atoms with Gasteiger partial charge in [0.2, 0.25) is 5.88 Å². The number of para-hydroxylation sites is 1. The molecule has 4 rings (SSSR count). The molecule has 118 valence electrons. The number of carbonyl (C=O) groups excluding carboxylic acids is 1. The fraction of sp³-hybridized carbons (Fsp3) is 0. The van der Waals surface area contributed by atoms with Crippen LogP contribution in [0.3, 0.4) is 0 Å². The first-order valence-corrected chi connectivity index (χ1v) is 8.26. The Labute approximate surface area is 145 Å². The second-order valence-corrected chi connectivity index (χ2v) is 6.55. The van der Waals surface area contributed by atoms with Gasteiger partial charge in [0, 0.05) is 15.9 Å². The van der Waals surface area contributed by atoms with Crippen molar-refractivity contribution in [2.75, 3.05) is 5.32 Å². The van der Waals surface area contributed by atoms with E-state index >= 15 is 0 Å². The number of amides is 1. The average molecular weight is 356 g/mol. The minimum Gasteiger partial charge on any atom is -0.492 e. The maximum absolute atomic E-state index is 12.3. The van der Waals surface area contributed by atoms with Gasteiger partial charge in [-0.05, 0) is 24.3 Å². The molecule has 0 atom stereocenters. The highest BCUT2D eigenvalue weighted by molar-refractivity contribution is 7.17. The van der Waals surface area contributed by atoms with E-state index in [1.807, 2.05) is 30.3 Å². The molecule has 7 heteroatoms. The Hall–Kier alpha value is -2.70. The van der Waals surface area contributed by atoms with E-state index in [1.165, 1.54) is 11.3 Å². The minimum absolute atomic E-state index is 0.195. The fourth-order valence-corrected chi connectivity index (χ4v) is 3.58. The lowest BCUT2D eigenvalue weighted by molar-refractivity contribution is -0.112. The summed E-state index contributed by atoms with van der Waals surface area (Å²) in [6.45, 7) is 0. The van der Waals surface area contributed by atoms with Gasteiger partial charge in [0.05, 0.1) is 10.9 Å². The molecular formula is C17H10ClN3O2S. The van der Waals surface area contributed by atoms with Gasteiger partial charge in [0.25, 0.3) is 5.91 Å². The maximum Gasteiger partial charge on any atom is 0.279 e. The summed E-state index contributed by atoms with van der Waals surface area (Å²) < 4.78 is 0. The SMILES string of the molecule is O=C1N=c2cc(Cl)ccc2=C1c1sc(Nc2ccccc2)nc1O. The predicted octanol–water partition coefficient (Wildman–Crippen LogP) is 2.60. The molecule has 3 aromatic rings. The second kappa shape index (κ2) is 5.74. The van der Waals surface area contributed by atoms with Crippen LogP contribution in [-0.2, 0) is 4.79 Å². The molecule has 24 heavy (non-hydrogen) atoms. The van der Waals surface area contributed by atoms with Crippen molar-refractivity contribution in [2.24, 2.45) is 4.99 Å². The van der Waals surface area contributed by atoms with Crippen LogP contribution in [0.2, 0.25) is 5.02 Å². The smallest absolute Gasteiger partial charge is 0.279 e. The van der Waals surface area contributed by atoms with E-state index in [0.29, 0.717) is 31.2 Å². The predicted molar refractivity (Wildman–Crippen MR) is 93.3 cm³/mol. The Morgan fingerprint density at radius 2 is 1.92 bits per heavy atom. The van der Waals surface area contributed by atoms with Crippen molar-refractivity contribution in [3.05, 3.63) is 69.0 Å². The molecule has 1 aliphatic heterocycles. The molecule has 0 aliphatic carbocycles. The molecule has 2 heterocycles. The molecule has 1 amide bonds.